The number of carbonyl (C=O) groups excluding carboxylic acids is 2. The molecule has 1 aromatic heterocycles. The van der Waals surface area contributed by atoms with Gasteiger partial charge in [0.2, 0.25) is 5.78 Å². The highest BCUT2D eigenvalue weighted by Gasteiger charge is 2.23. The van der Waals surface area contributed by atoms with E-state index in [-0.39, 0.29) is 34.4 Å². The molecule has 2 N–H and O–H groups in total. The smallest absolute Gasteiger partial charge is 0.338 e. The van der Waals surface area contributed by atoms with E-state index in [9.17, 15) is 19.2 Å². The molecule has 30 heavy (non-hydrogen) atoms. The van der Waals surface area contributed by atoms with E-state index in [0.717, 1.165) is 9.13 Å². The van der Waals surface area contributed by atoms with Crippen LogP contribution in [-0.2, 0) is 18.3 Å². The fourth-order valence-corrected chi connectivity index (χ4v) is 3.10. The van der Waals surface area contributed by atoms with Gasteiger partial charge in [0.15, 0.2) is 18.1 Å². The Morgan fingerprint density at radius 1 is 1.17 bits per heavy atom. The lowest BCUT2D eigenvalue weighted by atomic mass is 10.2. The van der Waals surface area contributed by atoms with Crippen LogP contribution in [0.4, 0.5) is 5.82 Å². The molecule has 0 fully saturated rings. The molecule has 162 valence electrons. The van der Waals surface area contributed by atoms with E-state index in [2.05, 4.69) is 0 Å². The van der Waals surface area contributed by atoms with Crippen LogP contribution in [-0.4, -0.2) is 41.7 Å². The molecule has 1 heterocycles. The molecule has 0 aliphatic heterocycles. The number of carbonyl (C=O) groups is 2. The van der Waals surface area contributed by atoms with Gasteiger partial charge in [-0.1, -0.05) is 18.5 Å². The Bertz CT molecular complexity index is 1100. The molecule has 0 spiro atoms. The molecular weight excluding hydrogens is 418 g/mol. The molecule has 2 rings (SSSR count). The number of Topliss-reactive ketones (excluding diaryl/α,β-unsaturated/α-hetero) is 1. The molecule has 0 amide bonds. The molecular formula is C19H22ClN3O7. The monoisotopic (exact) mass is 439 g/mol. The van der Waals surface area contributed by atoms with Gasteiger partial charge in [0, 0.05) is 13.6 Å². The zero-order chi connectivity index (χ0) is 22.6. The second kappa shape index (κ2) is 9.49. The lowest BCUT2D eigenvalue weighted by molar-refractivity contribution is 0.0474. The lowest BCUT2D eigenvalue weighted by Gasteiger charge is -2.14. The second-order valence-electron chi connectivity index (χ2n) is 6.25. The van der Waals surface area contributed by atoms with Crippen LogP contribution >= 0.6 is 11.6 Å². The third-order valence-electron chi connectivity index (χ3n) is 4.31. The van der Waals surface area contributed by atoms with Crippen LogP contribution < -0.4 is 26.5 Å². The average molecular weight is 440 g/mol. The molecule has 0 unspecified atom stereocenters. The maximum atomic E-state index is 12.6. The molecule has 0 radical (unpaired) electrons. The third-order valence-corrected chi connectivity index (χ3v) is 4.59. The van der Waals surface area contributed by atoms with Crippen molar-refractivity contribution in [3.8, 4) is 11.5 Å². The van der Waals surface area contributed by atoms with Crippen LogP contribution in [0.15, 0.2) is 21.7 Å². The largest absolute Gasteiger partial charge is 0.493 e. The zero-order valence-corrected chi connectivity index (χ0v) is 17.7. The molecule has 0 bridgehead atoms. The summed E-state index contributed by atoms with van der Waals surface area (Å²) in [6.45, 7) is 1.28. The summed E-state index contributed by atoms with van der Waals surface area (Å²) in [4.78, 5) is 49.5. The van der Waals surface area contributed by atoms with Gasteiger partial charge >= 0.3 is 11.7 Å². The first kappa shape index (κ1) is 23.0. The lowest BCUT2D eigenvalue weighted by Crippen LogP contribution is -2.43. The summed E-state index contributed by atoms with van der Waals surface area (Å²) in [7, 11) is 4.00. The van der Waals surface area contributed by atoms with Crippen LogP contribution in [0.2, 0.25) is 5.02 Å². The number of anilines is 1. The molecule has 1 aromatic carbocycles. The average Bonchev–Trinajstić information content (AvgIpc) is 2.72. The van der Waals surface area contributed by atoms with Crippen LogP contribution in [0.25, 0.3) is 0 Å². The maximum absolute atomic E-state index is 12.6. The molecule has 0 aliphatic rings. The number of methoxy groups -OCH3 is 2. The SMILES string of the molecule is CCCn1c(N)c(C(=O)COC(=O)c2cc(Cl)c(OC)c(OC)c2)c(=O)n(C)c1=O. The van der Waals surface area contributed by atoms with E-state index in [4.69, 9.17) is 31.5 Å². The van der Waals surface area contributed by atoms with Crippen molar-refractivity contribution in [1.82, 2.24) is 9.13 Å². The van der Waals surface area contributed by atoms with Crippen molar-refractivity contribution < 1.29 is 23.8 Å². The fraction of sp³-hybridized carbons (Fsp3) is 0.368. The molecule has 10 nitrogen and oxygen atoms in total. The number of rotatable bonds is 8. The van der Waals surface area contributed by atoms with Crippen molar-refractivity contribution in [1.29, 1.82) is 0 Å². The van der Waals surface area contributed by atoms with Gasteiger partial charge in [-0.25, -0.2) is 9.59 Å². The quantitative estimate of drug-likeness (QED) is 0.480. The minimum Gasteiger partial charge on any atom is -0.493 e. The normalized spacial score (nSPS) is 10.6. The predicted octanol–water partition coefficient (Wildman–Crippen LogP) is 1.25. The number of hydrogen-bond acceptors (Lipinski definition) is 8. The van der Waals surface area contributed by atoms with Gasteiger partial charge in [-0.2, -0.15) is 0 Å². The summed E-state index contributed by atoms with van der Waals surface area (Å²) in [6.07, 6.45) is 0.561. The number of esters is 1. The number of ether oxygens (including phenoxy) is 3. The van der Waals surface area contributed by atoms with Gasteiger partial charge in [-0.05, 0) is 18.6 Å². The van der Waals surface area contributed by atoms with Gasteiger partial charge < -0.3 is 19.9 Å². The number of nitrogens with two attached hydrogens (primary N) is 1. The Morgan fingerprint density at radius 3 is 2.40 bits per heavy atom. The molecule has 11 heteroatoms. The summed E-state index contributed by atoms with van der Waals surface area (Å²) in [5.41, 5.74) is 4.00. The van der Waals surface area contributed by atoms with Crippen LogP contribution in [0.3, 0.4) is 0 Å². The van der Waals surface area contributed by atoms with Crippen molar-refractivity contribution in [3.05, 3.63) is 49.1 Å². The first-order chi connectivity index (χ1) is 14.2. The van der Waals surface area contributed by atoms with E-state index in [0.29, 0.717) is 6.42 Å². The molecule has 0 aliphatic carbocycles. The number of benzene rings is 1. The van der Waals surface area contributed by atoms with E-state index >= 15 is 0 Å². The summed E-state index contributed by atoms with van der Waals surface area (Å²) in [6, 6.07) is 2.64. The Balaban J connectivity index is 2.30. The van der Waals surface area contributed by atoms with E-state index in [1.165, 1.54) is 33.4 Å². The number of hydrogen-bond donors (Lipinski definition) is 1. The second-order valence-corrected chi connectivity index (χ2v) is 6.66. The molecule has 0 atom stereocenters. The molecule has 0 saturated heterocycles. The standard InChI is InChI=1S/C19H22ClN3O7/c1-5-6-23-16(21)14(17(25)22(2)19(23)27)12(24)9-30-18(26)10-7-11(20)15(29-4)13(8-10)28-3/h7-8H,5-6,9,21H2,1-4H3. The van der Waals surface area contributed by atoms with Crippen molar-refractivity contribution in [2.75, 3.05) is 26.6 Å². The highest BCUT2D eigenvalue weighted by Crippen LogP contribution is 2.36. The Hall–Kier alpha value is -3.27. The summed E-state index contributed by atoms with van der Waals surface area (Å²) in [5, 5.41) is 0.111. The number of aromatic nitrogens is 2. The zero-order valence-electron chi connectivity index (χ0n) is 17.0. The van der Waals surface area contributed by atoms with Crippen molar-refractivity contribution in [2.45, 2.75) is 19.9 Å². The first-order valence-corrected chi connectivity index (χ1v) is 9.26. The number of nitrogens with zero attached hydrogens (tertiary/aromatic N) is 2. The van der Waals surface area contributed by atoms with Gasteiger partial charge in [0.1, 0.15) is 11.4 Å². The number of nitrogen functional groups attached to an aromatic ring is 1. The topological polar surface area (TPSA) is 132 Å². The minimum atomic E-state index is -0.872. The fourth-order valence-electron chi connectivity index (χ4n) is 2.81. The highest BCUT2D eigenvalue weighted by atomic mass is 35.5. The van der Waals surface area contributed by atoms with Gasteiger partial charge in [0.25, 0.3) is 5.56 Å². The van der Waals surface area contributed by atoms with Gasteiger partial charge in [0.05, 0.1) is 24.8 Å². The summed E-state index contributed by atoms with van der Waals surface area (Å²) < 4.78 is 17.1. The minimum absolute atomic E-state index is 0.0160. The Morgan fingerprint density at radius 2 is 1.83 bits per heavy atom. The molecule has 0 saturated carbocycles. The summed E-state index contributed by atoms with van der Waals surface area (Å²) >= 11 is 6.06. The van der Waals surface area contributed by atoms with E-state index in [1.54, 1.807) is 0 Å². The van der Waals surface area contributed by atoms with Crippen molar-refractivity contribution in [3.63, 3.8) is 0 Å². The highest BCUT2D eigenvalue weighted by molar-refractivity contribution is 6.32. The van der Waals surface area contributed by atoms with Crippen LogP contribution in [0, 0.1) is 0 Å². The van der Waals surface area contributed by atoms with Crippen molar-refractivity contribution >= 4 is 29.2 Å². The Labute approximate surface area is 176 Å². The van der Waals surface area contributed by atoms with E-state index < -0.39 is 35.2 Å². The van der Waals surface area contributed by atoms with E-state index in [1.807, 2.05) is 6.92 Å². The van der Waals surface area contributed by atoms with Crippen LogP contribution in [0.1, 0.15) is 34.1 Å². The Kier molecular flexibility index (Phi) is 7.28. The van der Waals surface area contributed by atoms with Crippen molar-refractivity contribution in [2.24, 2.45) is 7.05 Å². The predicted molar refractivity (Wildman–Crippen MR) is 110 cm³/mol. The molecule has 2 aromatic rings. The number of halogens is 1. The van der Waals surface area contributed by atoms with Crippen LogP contribution in [0.5, 0.6) is 11.5 Å². The van der Waals surface area contributed by atoms with Gasteiger partial charge in [-0.15, -0.1) is 0 Å². The maximum Gasteiger partial charge on any atom is 0.338 e. The first-order valence-electron chi connectivity index (χ1n) is 8.88. The summed E-state index contributed by atoms with van der Waals surface area (Å²) in [5.74, 6) is -1.53. The number of ketones is 1. The third kappa shape index (κ3) is 4.33. The van der Waals surface area contributed by atoms with Gasteiger partial charge in [-0.3, -0.25) is 18.7 Å².